The average Bonchev–Trinajstić information content (AvgIpc) is 3.16. The lowest BCUT2D eigenvalue weighted by Gasteiger charge is -2.43. The van der Waals surface area contributed by atoms with Crippen LogP contribution in [0.5, 0.6) is 11.5 Å². The van der Waals surface area contributed by atoms with Gasteiger partial charge in [-0.3, -0.25) is 0 Å². The first kappa shape index (κ1) is 35.6. The van der Waals surface area contributed by atoms with Gasteiger partial charge >= 0.3 is 12.2 Å². The standard InChI is InChI=1S/C41H33F4N4O3/c1-40(36-23-28(11-22-37(36)42)9-12-31-13-10-30(25-46)26-47-31)24-38(41(43,44)45)52-39(48-40)49(27-29-7-5-4-6-8-29,32-14-18-34(50-2)19-15-32)33-16-20-35(51-3)21-17-33/h4-8,10-11,13-23,26,38H,24,27H2,1-3H3/q+1/t38-,40-/m0/s1. The first-order valence-electron chi connectivity index (χ1n) is 16.2. The van der Waals surface area contributed by atoms with Gasteiger partial charge < -0.3 is 14.2 Å². The van der Waals surface area contributed by atoms with Crippen LogP contribution in [0.15, 0.2) is 120 Å². The number of aromatic nitrogens is 1. The van der Waals surface area contributed by atoms with Crippen molar-refractivity contribution in [1.29, 1.82) is 5.26 Å². The highest BCUT2D eigenvalue weighted by atomic mass is 19.4. The van der Waals surface area contributed by atoms with Crippen LogP contribution in [0.3, 0.4) is 0 Å². The minimum atomic E-state index is -4.83. The number of nitrogens with zero attached hydrogens (tertiary/aromatic N) is 4. The summed E-state index contributed by atoms with van der Waals surface area (Å²) >= 11 is 0. The maximum atomic E-state index is 15.9. The minimum Gasteiger partial charge on any atom is -0.497 e. The Kier molecular flexibility index (Phi) is 10.0. The van der Waals surface area contributed by atoms with Crippen molar-refractivity contribution < 1.29 is 31.8 Å². The third kappa shape index (κ3) is 7.32. The van der Waals surface area contributed by atoms with E-state index in [1.165, 1.54) is 45.5 Å². The number of amidine groups is 1. The van der Waals surface area contributed by atoms with Gasteiger partial charge in [0.2, 0.25) is 6.10 Å². The van der Waals surface area contributed by atoms with E-state index in [0.717, 1.165) is 5.56 Å². The van der Waals surface area contributed by atoms with E-state index in [2.05, 4.69) is 16.8 Å². The summed E-state index contributed by atoms with van der Waals surface area (Å²) in [5.41, 5.74) is 1.04. The summed E-state index contributed by atoms with van der Waals surface area (Å²) in [6, 6.07) is 32.0. The monoisotopic (exact) mass is 705 g/mol. The van der Waals surface area contributed by atoms with Crippen LogP contribution >= 0.6 is 0 Å². The van der Waals surface area contributed by atoms with E-state index < -0.39 is 34.5 Å². The van der Waals surface area contributed by atoms with E-state index in [1.807, 2.05) is 36.4 Å². The number of aliphatic imine (C=N–C) groups is 1. The normalized spacial score (nSPS) is 17.1. The second kappa shape index (κ2) is 14.6. The Labute approximate surface area is 299 Å². The Morgan fingerprint density at radius 3 is 2.00 bits per heavy atom. The van der Waals surface area contributed by atoms with Crippen LogP contribution < -0.4 is 14.0 Å². The molecule has 0 N–H and O–H groups in total. The number of rotatable bonds is 7. The van der Waals surface area contributed by atoms with Crippen molar-refractivity contribution in [3.05, 3.63) is 149 Å². The van der Waals surface area contributed by atoms with E-state index in [-0.39, 0.29) is 18.1 Å². The molecule has 0 spiro atoms. The molecule has 1 aromatic heterocycles. The molecule has 0 radical (unpaired) electrons. The van der Waals surface area contributed by atoms with Crippen molar-refractivity contribution in [2.45, 2.75) is 37.7 Å². The van der Waals surface area contributed by atoms with Crippen LogP contribution in [0.2, 0.25) is 0 Å². The lowest BCUT2D eigenvalue weighted by Crippen LogP contribution is -2.56. The zero-order valence-electron chi connectivity index (χ0n) is 28.5. The molecule has 4 aromatic carbocycles. The van der Waals surface area contributed by atoms with Gasteiger partial charge in [-0.15, -0.1) is 0 Å². The molecule has 0 amide bonds. The molecule has 7 nitrogen and oxygen atoms in total. The summed E-state index contributed by atoms with van der Waals surface area (Å²) in [7, 11) is 3.04. The number of ether oxygens (including phenoxy) is 3. The summed E-state index contributed by atoms with van der Waals surface area (Å²) in [5.74, 6) is 6.12. The number of nitriles is 1. The third-order valence-corrected chi connectivity index (χ3v) is 8.93. The fraction of sp³-hybridized carbons (Fsp3) is 0.195. The number of methoxy groups -OCH3 is 2. The molecule has 5 aromatic rings. The largest absolute Gasteiger partial charge is 0.497 e. The minimum absolute atomic E-state index is 0.0792. The second-order valence-electron chi connectivity index (χ2n) is 12.4. The van der Waals surface area contributed by atoms with Gasteiger partial charge in [-0.2, -0.15) is 27.9 Å². The number of pyridine rings is 1. The Balaban J connectivity index is 1.59. The number of quaternary nitrogens is 1. The van der Waals surface area contributed by atoms with Crippen LogP contribution in [0.25, 0.3) is 0 Å². The molecule has 0 saturated heterocycles. The summed E-state index contributed by atoms with van der Waals surface area (Å²) in [4.78, 5) is 9.11. The Morgan fingerprint density at radius 1 is 0.846 bits per heavy atom. The molecule has 2 heterocycles. The molecular formula is C41H33F4N4O3+. The summed E-state index contributed by atoms with van der Waals surface area (Å²) in [6.07, 6.45) is -6.49. The maximum Gasteiger partial charge on any atom is 0.425 e. The highest BCUT2D eigenvalue weighted by Crippen LogP contribution is 2.47. The lowest BCUT2D eigenvalue weighted by atomic mass is 9.84. The smallest absolute Gasteiger partial charge is 0.425 e. The zero-order chi connectivity index (χ0) is 36.9. The van der Waals surface area contributed by atoms with E-state index in [9.17, 15) is 13.2 Å². The quantitative estimate of drug-likeness (QED) is 0.0960. The molecule has 52 heavy (non-hydrogen) atoms. The number of alkyl halides is 3. The molecule has 2 atom stereocenters. The van der Waals surface area contributed by atoms with Crippen molar-refractivity contribution >= 4 is 17.4 Å². The van der Waals surface area contributed by atoms with Crippen molar-refractivity contribution in [2.24, 2.45) is 4.99 Å². The molecule has 0 unspecified atom stereocenters. The fourth-order valence-corrected chi connectivity index (χ4v) is 6.18. The molecule has 1 aliphatic rings. The van der Waals surface area contributed by atoms with E-state index in [0.29, 0.717) is 39.7 Å². The van der Waals surface area contributed by atoms with Crippen LogP contribution in [-0.2, 0) is 16.8 Å². The average molecular weight is 706 g/mol. The Hall–Kier alpha value is -6.17. The van der Waals surface area contributed by atoms with Gasteiger partial charge in [0, 0.05) is 53.6 Å². The molecule has 1 aliphatic heterocycles. The van der Waals surface area contributed by atoms with Crippen molar-refractivity contribution in [1.82, 2.24) is 9.47 Å². The van der Waals surface area contributed by atoms with Gasteiger partial charge in [0.05, 0.1) is 25.3 Å². The maximum absolute atomic E-state index is 15.9. The zero-order valence-corrected chi connectivity index (χ0v) is 28.5. The molecule has 262 valence electrons. The van der Waals surface area contributed by atoms with Gasteiger partial charge in [-0.25, -0.2) is 9.37 Å². The van der Waals surface area contributed by atoms with E-state index in [4.69, 9.17) is 24.5 Å². The van der Waals surface area contributed by atoms with Crippen molar-refractivity contribution in [2.75, 3.05) is 14.2 Å². The number of halogens is 4. The van der Waals surface area contributed by atoms with E-state index in [1.54, 1.807) is 60.7 Å². The predicted octanol–water partition coefficient (Wildman–Crippen LogP) is 8.97. The third-order valence-electron chi connectivity index (χ3n) is 8.93. The first-order chi connectivity index (χ1) is 25.0. The van der Waals surface area contributed by atoms with Gasteiger partial charge in [0.25, 0.3) is 0 Å². The highest BCUT2D eigenvalue weighted by Gasteiger charge is 2.56. The highest BCUT2D eigenvalue weighted by molar-refractivity contribution is 5.94. The molecule has 6 rings (SSSR count). The van der Waals surface area contributed by atoms with Crippen LogP contribution in [0.1, 0.15) is 41.3 Å². The summed E-state index contributed by atoms with van der Waals surface area (Å²) < 4.78 is 77.2. The molecule has 0 aliphatic carbocycles. The summed E-state index contributed by atoms with van der Waals surface area (Å²) in [6.45, 7) is 1.57. The molecule has 0 bridgehead atoms. The molecule has 11 heteroatoms. The molecule has 0 fully saturated rings. The van der Waals surface area contributed by atoms with Crippen LogP contribution in [0.4, 0.5) is 28.9 Å². The van der Waals surface area contributed by atoms with Gasteiger partial charge in [-0.1, -0.05) is 36.3 Å². The Morgan fingerprint density at radius 2 is 1.46 bits per heavy atom. The summed E-state index contributed by atoms with van der Waals surface area (Å²) in [5, 5.41) is 9.06. The molecular weight excluding hydrogens is 672 g/mol. The van der Waals surface area contributed by atoms with Gasteiger partial charge in [0.1, 0.15) is 47.0 Å². The lowest BCUT2D eigenvalue weighted by molar-refractivity contribution is -0.210. The molecule has 0 saturated carbocycles. The van der Waals surface area contributed by atoms with Gasteiger partial charge in [0.15, 0.2) is 0 Å². The fourth-order valence-electron chi connectivity index (χ4n) is 6.18. The number of hydrogen-bond donors (Lipinski definition) is 0. The number of hydrogen-bond acceptors (Lipinski definition) is 6. The van der Waals surface area contributed by atoms with E-state index >= 15 is 4.39 Å². The van der Waals surface area contributed by atoms with Crippen molar-refractivity contribution in [3.8, 4) is 29.4 Å². The van der Waals surface area contributed by atoms with Gasteiger partial charge in [-0.05, 0) is 67.4 Å². The SMILES string of the molecule is COc1ccc([N+](Cc2ccccc2)(C2=N[C@](C)(c3cc(C#Cc4ccc(C#N)cn4)ccc3F)C[C@@H](C(F)(F)F)O2)c2ccc(OC)cc2)cc1. The van der Waals surface area contributed by atoms with Crippen molar-refractivity contribution in [3.63, 3.8) is 0 Å². The predicted molar refractivity (Wildman–Crippen MR) is 189 cm³/mol. The number of benzene rings is 4. The first-order valence-corrected chi connectivity index (χ1v) is 16.2. The van der Waals surface area contributed by atoms with Crippen LogP contribution in [0, 0.1) is 29.0 Å². The topological polar surface area (TPSA) is 76.7 Å². The van der Waals surface area contributed by atoms with Crippen LogP contribution in [-0.4, -0.2) is 37.5 Å². The second-order valence-corrected chi connectivity index (χ2v) is 12.4. The Bertz CT molecular complexity index is 2120.